The molecule has 2 aliphatic rings. The van der Waals surface area contributed by atoms with E-state index in [4.69, 9.17) is 9.57 Å². The van der Waals surface area contributed by atoms with E-state index in [0.29, 0.717) is 25.1 Å². The Morgan fingerprint density at radius 2 is 1.96 bits per heavy atom. The summed E-state index contributed by atoms with van der Waals surface area (Å²) in [6.45, 7) is 1.23. The first-order valence-electron chi connectivity index (χ1n) is 8.29. The van der Waals surface area contributed by atoms with Crippen LogP contribution < -0.4 is 5.48 Å². The van der Waals surface area contributed by atoms with Crippen LogP contribution in [0.4, 0.5) is 0 Å². The summed E-state index contributed by atoms with van der Waals surface area (Å²) < 4.78 is 6.34. The van der Waals surface area contributed by atoms with Gasteiger partial charge in [-0.1, -0.05) is 15.9 Å². The van der Waals surface area contributed by atoms with Gasteiger partial charge in [-0.2, -0.15) is 0 Å². The molecule has 2 atom stereocenters. The monoisotopic (exact) mass is 396 g/mol. The average Bonchev–Trinajstić information content (AvgIpc) is 3.10. The Labute approximate surface area is 149 Å². The summed E-state index contributed by atoms with van der Waals surface area (Å²) in [6, 6.07) is 6.66. The van der Waals surface area contributed by atoms with Crippen LogP contribution in [0.2, 0.25) is 0 Å². The Kier molecular flexibility index (Phi) is 5.86. The van der Waals surface area contributed by atoms with E-state index >= 15 is 0 Å². The lowest BCUT2D eigenvalue weighted by atomic mass is 10.1. The Morgan fingerprint density at radius 1 is 1.17 bits per heavy atom. The van der Waals surface area contributed by atoms with Gasteiger partial charge in [-0.3, -0.25) is 9.59 Å². The number of carbonyl (C=O) groups excluding carboxylic acids is 2. The SMILES string of the molecule is O=C(NO[C@H]1CCCCO1)[C@@H]1CCCN1C(=O)c1ccc(Br)cc1. The van der Waals surface area contributed by atoms with Gasteiger partial charge in [-0.05, 0) is 49.9 Å². The molecule has 0 radical (unpaired) electrons. The number of ether oxygens (including phenoxy) is 1. The summed E-state index contributed by atoms with van der Waals surface area (Å²) in [5, 5.41) is 0. The third-order valence-corrected chi connectivity index (χ3v) is 4.87. The number of carbonyl (C=O) groups is 2. The molecule has 130 valence electrons. The first-order valence-corrected chi connectivity index (χ1v) is 9.08. The van der Waals surface area contributed by atoms with Gasteiger partial charge in [0, 0.05) is 29.6 Å². The maximum Gasteiger partial charge on any atom is 0.266 e. The number of amides is 2. The molecule has 0 aliphatic carbocycles. The fourth-order valence-electron chi connectivity index (χ4n) is 3.04. The highest BCUT2D eigenvalue weighted by Crippen LogP contribution is 2.22. The van der Waals surface area contributed by atoms with Gasteiger partial charge < -0.3 is 9.64 Å². The lowest BCUT2D eigenvalue weighted by molar-refractivity contribution is -0.201. The maximum absolute atomic E-state index is 12.6. The number of nitrogens with zero attached hydrogens (tertiary/aromatic N) is 1. The summed E-state index contributed by atoms with van der Waals surface area (Å²) in [7, 11) is 0. The van der Waals surface area contributed by atoms with Crippen LogP contribution in [0.5, 0.6) is 0 Å². The third kappa shape index (κ3) is 4.15. The van der Waals surface area contributed by atoms with E-state index in [1.807, 2.05) is 12.1 Å². The van der Waals surface area contributed by atoms with Crippen LogP contribution in [0.1, 0.15) is 42.5 Å². The lowest BCUT2D eigenvalue weighted by Crippen LogP contribution is -2.47. The number of hydrogen-bond donors (Lipinski definition) is 1. The minimum Gasteiger partial charge on any atom is -0.350 e. The van der Waals surface area contributed by atoms with Crippen LogP contribution in [0.25, 0.3) is 0 Å². The normalized spacial score (nSPS) is 24.0. The molecule has 6 nitrogen and oxygen atoms in total. The van der Waals surface area contributed by atoms with E-state index in [-0.39, 0.29) is 18.1 Å². The summed E-state index contributed by atoms with van der Waals surface area (Å²) in [6.07, 6.45) is 3.87. The van der Waals surface area contributed by atoms with Crippen molar-refractivity contribution in [3.63, 3.8) is 0 Å². The summed E-state index contributed by atoms with van der Waals surface area (Å²) in [5.74, 6) is -0.416. The second-order valence-electron chi connectivity index (χ2n) is 6.04. The topological polar surface area (TPSA) is 67.9 Å². The fraction of sp³-hybridized carbons (Fsp3) is 0.529. The van der Waals surface area contributed by atoms with Gasteiger partial charge in [0.05, 0.1) is 0 Å². The summed E-state index contributed by atoms with van der Waals surface area (Å²) in [4.78, 5) is 32.0. The van der Waals surface area contributed by atoms with Gasteiger partial charge in [0.25, 0.3) is 11.8 Å². The van der Waals surface area contributed by atoms with E-state index < -0.39 is 6.04 Å². The second kappa shape index (κ2) is 8.09. The van der Waals surface area contributed by atoms with Crippen molar-refractivity contribution in [3.05, 3.63) is 34.3 Å². The number of halogens is 1. The Balaban J connectivity index is 1.58. The maximum atomic E-state index is 12.6. The summed E-state index contributed by atoms with van der Waals surface area (Å²) in [5.41, 5.74) is 3.05. The first-order chi connectivity index (χ1) is 11.6. The van der Waals surface area contributed by atoms with Crippen LogP contribution in [-0.4, -0.2) is 42.2 Å². The van der Waals surface area contributed by atoms with Crippen LogP contribution in [-0.2, 0) is 14.4 Å². The van der Waals surface area contributed by atoms with E-state index in [2.05, 4.69) is 21.4 Å². The number of hydrogen-bond acceptors (Lipinski definition) is 4. The van der Waals surface area contributed by atoms with Crippen LogP contribution in [0, 0.1) is 0 Å². The van der Waals surface area contributed by atoms with Crippen molar-refractivity contribution in [2.75, 3.05) is 13.2 Å². The predicted octanol–water partition coefficient (Wildman–Crippen LogP) is 2.63. The highest BCUT2D eigenvalue weighted by atomic mass is 79.9. The molecule has 0 spiro atoms. The van der Waals surface area contributed by atoms with Crippen molar-refractivity contribution >= 4 is 27.7 Å². The standard InChI is InChI=1S/C17H21BrN2O4/c18-13-8-6-12(7-9-13)17(22)20-10-3-4-14(20)16(21)19-24-15-5-1-2-11-23-15/h6-9,14-15H,1-5,10-11H2,(H,19,21)/t14-,15-/m0/s1. The highest BCUT2D eigenvalue weighted by Gasteiger charge is 2.35. The highest BCUT2D eigenvalue weighted by molar-refractivity contribution is 9.10. The Morgan fingerprint density at radius 3 is 2.67 bits per heavy atom. The number of benzene rings is 1. The van der Waals surface area contributed by atoms with Crippen LogP contribution >= 0.6 is 15.9 Å². The molecule has 0 bridgehead atoms. The van der Waals surface area contributed by atoms with Crippen molar-refractivity contribution in [1.29, 1.82) is 0 Å². The summed E-state index contributed by atoms with van der Waals surface area (Å²) >= 11 is 3.35. The Bertz CT molecular complexity index is 587. The Hall–Kier alpha value is -1.44. The zero-order valence-corrected chi connectivity index (χ0v) is 15.0. The van der Waals surface area contributed by atoms with Gasteiger partial charge in [-0.25, -0.2) is 10.3 Å². The largest absolute Gasteiger partial charge is 0.350 e. The molecule has 0 saturated carbocycles. The molecule has 24 heavy (non-hydrogen) atoms. The second-order valence-corrected chi connectivity index (χ2v) is 6.96. The molecule has 2 saturated heterocycles. The van der Waals surface area contributed by atoms with Gasteiger partial charge in [0.15, 0.2) is 6.29 Å². The molecule has 0 unspecified atom stereocenters. The van der Waals surface area contributed by atoms with Gasteiger partial charge in [-0.15, -0.1) is 0 Å². The van der Waals surface area contributed by atoms with Crippen molar-refractivity contribution < 1.29 is 19.2 Å². The number of rotatable bonds is 4. The van der Waals surface area contributed by atoms with E-state index in [9.17, 15) is 9.59 Å². The molecule has 0 aromatic heterocycles. The number of hydroxylamine groups is 1. The van der Waals surface area contributed by atoms with Gasteiger partial charge in [0.2, 0.25) is 0 Å². The van der Waals surface area contributed by atoms with Crippen LogP contribution in [0.15, 0.2) is 28.7 Å². The number of likely N-dealkylation sites (tertiary alicyclic amines) is 1. The zero-order valence-electron chi connectivity index (χ0n) is 13.4. The third-order valence-electron chi connectivity index (χ3n) is 4.34. The van der Waals surface area contributed by atoms with Crippen LogP contribution in [0.3, 0.4) is 0 Å². The lowest BCUT2D eigenvalue weighted by Gasteiger charge is -2.26. The van der Waals surface area contributed by atoms with E-state index in [1.54, 1.807) is 17.0 Å². The predicted molar refractivity (Wildman–Crippen MR) is 91.0 cm³/mol. The first kappa shape index (κ1) is 17.4. The smallest absolute Gasteiger partial charge is 0.266 e. The molecular weight excluding hydrogens is 376 g/mol. The minimum absolute atomic E-state index is 0.130. The van der Waals surface area contributed by atoms with Crippen molar-refractivity contribution in [3.8, 4) is 0 Å². The van der Waals surface area contributed by atoms with Gasteiger partial charge >= 0.3 is 0 Å². The minimum atomic E-state index is -0.496. The van der Waals surface area contributed by atoms with Crippen molar-refractivity contribution in [1.82, 2.24) is 10.4 Å². The van der Waals surface area contributed by atoms with Crippen molar-refractivity contribution in [2.24, 2.45) is 0 Å². The molecule has 1 N–H and O–H groups in total. The van der Waals surface area contributed by atoms with Gasteiger partial charge in [0.1, 0.15) is 6.04 Å². The molecule has 7 heteroatoms. The fourth-order valence-corrected chi connectivity index (χ4v) is 3.30. The molecule has 1 aromatic carbocycles. The molecule has 2 aliphatic heterocycles. The number of nitrogens with one attached hydrogen (secondary N) is 1. The molecule has 3 rings (SSSR count). The molecular formula is C17H21BrN2O4. The molecule has 2 amide bonds. The molecule has 2 fully saturated rings. The quantitative estimate of drug-likeness (QED) is 0.794. The van der Waals surface area contributed by atoms with E-state index in [0.717, 1.165) is 30.2 Å². The molecule has 1 aromatic rings. The molecule has 2 heterocycles. The van der Waals surface area contributed by atoms with E-state index in [1.165, 1.54) is 0 Å². The average molecular weight is 397 g/mol. The van der Waals surface area contributed by atoms with Crippen molar-refractivity contribution in [2.45, 2.75) is 44.4 Å². The zero-order chi connectivity index (χ0) is 16.9.